The van der Waals surface area contributed by atoms with E-state index in [1.165, 1.54) is 18.4 Å². The number of methoxy groups -OCH3 is 1. The highest BCUT2D eigenvalue weighted by Gasteiger charge is 2.15. The Kier molecular flexibility index (Phi) is 3.72. The molecule has 1 aliphatic heterocycles. The summed E-state index contributed by atoms with van der Waals surface area (Å²) in [6.07, 6.45) is 3.62. The monoisotopic (exact) mass is 239 g/mol. The molecule has 1 saturated heterocycles. The van der Waals surface area contributed by atoms with Gasteiger partial charge in [0, 0.05) is 6.04 Å². The summed E-state index contributed by atoms with van der Waals surface area (Å²) in [5.41, 5.74) is 2.40. The molecule has 1 atom stereocenters. The molecule has 0 amide bonds. The zero-order valence-electron chi connectivity index (χ0n) is 9.85. The van der Waals surface area contributed by atoms with Crippen LogP contribution in [0.5, 0.6) is 5.75 Å². The van der Waals surface area contributed by atoms with E-state index in [0.717, 1.165) is 29.3 Å². The van der Waals surface area contributed by atoms with Gasteiger partial charge in [0.05, 0.1) is 12.1 Å². The first-order valence-corrected chi connectivity index (χ1v) is 6.15. The lowest BCUT2D eigenvalue weighted by atomic mass is 10.0. The Labute approximate surface area is 102 Å². The first-order chi connectivity index (χ1) is 7.70. The van der Waals surface area contributed by atoms with Gasteiger partial charge in [0.15, 0.2) is 0 Å². The van der Waals surface area contributed by atoms with Crippen LogP contribution in [0.25, 0.3) is 0 Å². The maximum atomic E-state index is 6.14. The van der Waals surface area contributed by atoms with E-state index < -0.39 is 0 Å². The van der Waals surface area contributed by atoms with Crippen molar-refractivity contribution in [3.8, 4) is 5.75 Å². The van der Waals surface area contributed by atoms with E-state index in [-0.39, 0.29) is 0 Å². The highest BCUT2D eigenvalue weighted by atomic mass is 35.5. The number of ether oxygens (including phenoxy) is 1. The lowest BCUT2D eigenvalue weighted by Crippen LogP contribution is -2.23. The third-order valence-corrected chi connectivity index (χ3v) is 3.63. The molecular formula is C13H18ClNO. The molecule has 0 saturated carbocycles. The Balaban J connectivity index is 2.17. The predicted molar refractivity (Wildman–Crippen MR) is 67.5 cm³/mol. The number of aryl methyl sites for hydroxylation is 1. The summed E-state index contributed by atoms with van der Waals surface area (Å²) in [4.78, 5) is 0. The molecule has 1 N–H and O–H groups in total. The highest BCUT2D eigenvalue weighted by Crippen LogP contribution is 2.30. The number of halogens is 1. The lowest BCUT2D eigenvalue weighted by molar-refractivity contribution is 0.414. The van der Waals surface area contributed by atoms with Crippen LogP contribution in [-0.4, -0.2) is 19.7 Å². The average molecular weight is 240 g/mol. The van der Waals surface area contributed by atoms with Crippen molar-refractivity contribution >= 4 is 11.6 Å². The third-order valence-electron chi connectivity index (χ3n) is 3.15. The lowest BCUT2D eigenvalue weighted by Gasteiger charge is -2.13. The molecule has 1 aromatic carbocycles. The van der Waals surface area contributed by atoms with E-state index in [0.29, 0.717) is 6.04 Å². The van der Waals surface area contributed by atoms with Gasteiger partial charge in [-0.1, -0.05) is 17.7 Å². The van der Waals surface area contributed by atoms with Gasteiger partial charge in [-0.15, -0.1) is 0 Å². The Morgan fingerprint density at radius 1 is 1.50 bits per heavy atom. The van der Waals surface area contributed by atoms with E-state index in [1.54, 1.807) is 7.11 Å². The van der Waals surface area contributed by atoms with Gasteiger partial charge >= 0.3 is 0 Å². The summed E-state index contributed by atoms with van der Waals surface area (Å²) >= 11 is 6.14. The zero-order chi connectivity index (χ0) is 11.5. The van der Waals surface area contributed by atoms with Crippen LogP contribution in [-0.2, 0) is 6.42 Å². The topological polar surface area (TPSA) is 21.3 Å². The molecule has 1 aliphatic rings. The summed E-state index contributed by atoms with van der Waals surface area (Å²) in [6.45, 7) is 3.17. The minimum absolute atomic E-state index is 0.616. The van der Waals surface area contributed by atoms with Crippen LogP contribution < -0.4 is 10.1 Å². The summed E-state index contributed by atoms with van der Waals surface area (Å²) in [7, 11) is 1.66. The molecule has 0 aliphatic carbocycles. The molecule has 0 aromatic heterocycles. The van der Waals surface area contributed by atoms with Gasteiger partial charge in [0.2, 0.25) is 0 Å². The van der Waals surface area contributed by atoms with Crippen molar-refractivity contribution in [1.29, 1.82) is 0 Å². The smallest absolute Gasteiger partial charge is 0.137 e. The van der Waals surface area contributed by atoms with Crippen molar-refractivity contribution in [3.05, 3.63) is 28.3 Å². The van der Waals surface area contributed by atoms with E-state index in [1.807, 2.05) is 6.92 Å². The maximum absolute atomic E-state index is 6.14. The fraction of sp³-hybridized carbons (Fsp3) is 0.538. The van der Waals surface area contributed by atoms with Crippen LogP contribution >= 0.6 is 11.6 Å². The van der Waals surface area contributed by atoms with Crippen molar-refractivity contribution in [2.45, 2.75) is 32.2 Å². The number of nitrogens with one attached hydrogen (secondary N) is 1. The SMILES string of the molecule is COc1cc(CC2CCCN2)cc(C)c1Cl. The second-order valence-corrected chi connectivity index (χ2v) is 4.80. The van der Waals surface area contributed by atoms with E-state index in [2.05, 4.69) is 17.4 Å². The zero-order valence-corrected chi connectivity index (χ0v) is 10.6. The van der Waals surface area contributed by atoms with Crippen molar-refractivity contribution in [1.82, 2.24) is 5.32 Å². The largest absolute Gasteiger partial charge is 0.495 e. The Bertz CT molecular complexity index is 372. The van der Waals surface area contributed by atoms with Crippen molar-refractivity contribution in [2.75, 3.05) is 13.7 Å². The van der Waals surface area contributed by atoms with Crippen molar-refractivity contribution in [3.63, 3.8) is 0 Å². The minimum Gasteiger partial charge on any atom is -0.495 e. The van der Waals surface area contributed by atoms with Crippen LogP contribution in [0.2, 0.25) is 5.02 Å². The van der Waals surface area contributed by atoms with Gasteiger partial charge in [-0.25, -0.2) is 0 Å². The number of benzene rings is 1. The second-order valence-electron chi connectivity index (χ2n) is 4.43. The second kappa shape index (κ2) is 5.07. The first-order valence-electron chi connectivity index (χ1n) is 5.77. The third kappa shape index (κ3) is 2.50. The van der Waals surface area contributed by atoms with E-state index >= 15 is 0 Å². The standard InChI is InChI=1S/C13H18ClNO/c1-9-6-10(7-11-4-3-5-15-11)8-12(16-2)13(9)14/h6,8,11,15H,3-5,7H2,1-2H3. The van der Waals surface area contributed by atoms with Crippen LogP contribution in [0.4, 0.5) is 0 Å². The Morgan fingerprint density at radius 2 is 2.31 bits per heavy atom. The molecule has 2 rings (SSSR count). The molecule has 1 heterocycles. The van der Waals surface area contributed by atoms with E-state index in [9.17, 15) is 0 Å². The predicted octanol–water partition coefficient (Wildman–Crippen LogP) is 2.95. The molecule has 0 spiro atoms. The molecule has 1 fully saturated rings. The van der Waals surface area contributed by atoms with Gasteiger partial charge in [0.25, 0.3) is 0 Å². The Morgan fingerprint density at radius 3 is 2.94 bits per heavy atom. The summed E-state index contributed by atoms with van der Waals surface area (Å²) in [6, 6.07) is 4.82. The molecule has 0 radical (unpaired) electrons. The van der Waals surface area contributed by atoms with Gasteiger partial charge in [0.1, 0.15) is 5.75 Å². The Hall–Kier alpha value is -0.730. The maximum Gasteiger partial charge on any atom is 0.137 e. The fourth-order valence-corrected chi connectivity index (χ4v) is 2.48. The van der Waals surface area contributed by atoms with Gasteiger partial charge in [-0.3, -0.25) is 0 Å². The summed E-state index contributed by atoms with van der Waals surface area (Å²) in [5.74, 6) is 0.787. The van der Waals surface area contributed by atoms with Crippen molar-refractivity contribution < 1.29 is 4.74 Å². The molecule has 0 bridgehead atoms. The van der Waals surface area contributed by atoms with Crippen LogP contribution in [0.15, 0.2) is 12.1 Å². The molecule has 2 nitrogen and oxygen atoms in total. The normalized spacial score (nSPS) is 20.1. The van der Waals surface area contributed by atoms with Gasteiger partial charge in [-0.05, 0) is 49.9 Å². The quantitative estimate of drug-likeness (QED) is 0.876. The average Bonchev–Trinajstić information content (AvgIpc) is 2.76. The molecule has 1 aromatic rings. The summed E-state index contributed by atoms with van der Waals surface area (Å²) in [5, 5.41) is 4.23. The number of hydrogen-bond donors (Lipinski definition) is 1. The molecule has 1 unspecified atom stereocenters. The summed E-state index contributed by atoms with van der Waals surface area (Å²) < 4.78 is 5.28. The fourth-order valence-electron chi connectivity index (χ4n) is 2.29. The highest BCUT2D eigenvalue weighted by molar-refractivity contribution is 6.32. The molecular weight excluding hydrogens is 222 g/mol. The van der Waals surface area contributed by atoms with Gasteiger partial charge < -0.3 is 10.1 Å². The molecule has 16 heavy (non-hydrogen) atoms. The van der Waals surface area contributed by atoms with Crippen LogP contribution in [0.1, 0.15) is 24.0 Å². The molecule has 3 heteroatoms. The van der Waals surface area contributed by atoms with Crippen molar-refractivity contribution in [2.24, 2.45) is 0 Å². The number of rotatable bonds is 3. The minimum atomic E-state index is 0.616. The van der Waals surface area contributed by atoms with Crippen LogP contribution in [0.3, 0.4) is 0 Å². The molecule has 88 valence electrons. The van der Waals surface area contributed by atoms with E-state index in [4.69, 9.17) is 16.3 Å². The van der Waals surface area contributed by atoms with Gasteiger partial charge in [-0.2, -0.15) is 0 Å². The first kappa shape index (κ1) is 11.7. The number of hydrogen-bond acceptors (Lipinski definition) is 2. The van der Waals surface area contributed by atoms with Crippen LogP contribution in [0, 0.1) is 6.92 Å².